The summed E-state index contributed by atoms with van der Waals surface area (Å²) in [5, 5.41) is 10.1. The third kappa shape index (κ3) is 4.90. The Bertz CT molecular complexity index is 1160. The number of nitrogens with zero attached hydrogens (tertiary/aromatic N) is 1. The number of nitrogens with one attached hydrogen (secondary N) is 2. The molecule has 0 aliphatic heterocycles. The van der Waals surface area contributed by atoms with Crippen LogP contribution < -0.4 is 10.6 Å². The molecule has 5 nitrogen and oxygen atoms in total. The molecule has 0 fully saturated rings. The number of anilines is 2. The minimum Gasteiger partial charge on any atom is -0.321 e. The largest absolute Gasteiger partial charge is 0.321 e. The van der Waals surface area contributed by atoms with Gasteiger partial charge < -0.3 is 15.1 Å². The van der Waals surface area contributed by atoms with Crippen molar-refractivity contribution in [2.75, 3.05) is 37.8 Å². The van der Waals surface area contributed by atoms with Crippen LogP contribution in [0.15, 0.2) is 84.9 Å². The Balaban J connectivity index is 1.41. The number of likely N-dealkylation sites (N-methyl/N-ethyl adjacent to an activating group) is 1. The fraction of sp³-hybridized carbons (Fsp3) is 0.154. The molecule has 0 atom stereocenters. The highest BCUT2D eigenvalue weighted by molar-refractivity contribution is 6.03. The fourth-order valence-corrected chi connectivity index (χ4v) is 3.88. The summed E-state index contributed by atoms with van der Waals surface area (Å²) >= 11 is 0. The zero-order chi connectivity index (χ0) is 21.8. The Labute approximate surface area is 181 Å². The van der Waals surface area contributed by atoms with Gasteiger partial charge in [0.1, 0.15) is 0 Å². The standard InChI is InChI=1S/C26H25N3O2/c1-29(2,17-25(30)27-23-15-7-11-19-9-3-5-13-21(19)23)18-26(31)28-24-16-8-12-20-10-4-6-14-22(20)24/h3-16H,17-18H2,1-2H3,(H-,27,28,30,31)/p+1. The zero-order valence-electron chi connectivity index (χ0n) is 17.8. The van der Waals surface area contributed by atoms with Crippen LogP contribution in [0.3, 0.4) is 0 Å². The molecule has 156 valence electrons. The summed E-state index contributed by atoms with van der Waals surface area (Å²) in [6, 6.07) is 27.5. The van der Waals surface area contributed by atoms with Crippen molar-refractivity contribution in [3.8, 4) is 0 Å². The van der Waals surface area contributed by atoms with E-state index in [1.807, 2.05) is 99.0 Å². The van der Waals surface area contributed by atoms with E-state index in [4.69, 9.17) is 0 Å². The number of benzene rings is 4. The van der Waals surface area contributed by atoms with Crippen molar-refractivity contribution < 1.29 is 14.1 Å². The fourth-order valence-electron chi connectivity index (χ4n) is 3.88. The summed E-state index contributed by atoms with van der Waals surface area (Å²) in [7, 11) is 3.76. The first-order valence-electron chi connectivity index (χ1n) is 10.3. The van der Waals surface area contributed by atoms with Gasteiger partial charge in [-0.05, 0) is 22.9 Å². The van der Waals surface area contributed by atoms with Crippen LogP contribution >= 0.6 is 0 Å². The Morgan fingerprint density at radius 2 is 1.00 bits per heavy atom. The van der Waals surface area contributed by atoms with Crippen LogP contribution in [0.25, 0.3) is 21.5 Å². The summed E-state index contributed by atoms with van der Waals surface area (Å²) < 4.78 is 0.243. The summed E-state index contributed by atoms with van der Waals surface area (Å²) in [6.07, 6.45) is 0. The molecular weight excluding hydrogens is 386 g/mol. The predicted molar refractivity (Wildman–Crippen MR) is 127 cm³/mol. The number of rotatable bonds is 6. The SMILES string of the molecule is C[N+](C)(CC(=O)Nc1cccc2ccccc12)CC(=O)Nc1cccc2ccccc12. The molecule has 0 aliphatic carbocycles. The number of fused-ring (bicyclic) bond motifs is 2. The molecule has 0 aliphatic rings. The number of hydrogen-bond donors (Lipinski definition) is 2. The van der Waals surface area contributed by atoms with Crippen LogP contribution in [-0.2, 0) is 9.59 Å². The van der Waals surface area contributed by atoms with E-state index >= 15 is 0 Å². The van der Waals surface area contributed by atoms with E-state index in [0.717, 1.165) is 32.9 Å². The van der Waals surface area contributed by atoms with E-state index in [-0.39, 0.29) is 29.4 Å². The second-order valence-electron chi connectivity index (χ2n) is 8.40. The minimum absolute atomic E-state index is 0.126. The maximum atomic E-state index is 12.7. The van der Waals surface area contributed by atoms with E-state index in [1.165, 1.54) is 0 Å². The third-order valence-corrected chi connectivity index (χ3v) is 5.27. The molecule has 5 heteroatoms. The summed E-state index contributed by atoms with van der Waals surface area (Å²) in [4.78, 5) is 25.5. The van der Waals surface area contributed by atoms with Crippen LogP contribution in [0.4, 0.5) is 11.4 Å². The maximum Gasteiger partial charge on any atom is 0.279 e. The second-order valence-corrected chi connectivity index (χ2v) is 8.40. The van der Waals surface area contributed by atoms with Gasteiger partial charge in [0.05, 0.1) is 14.1 Å². The van der Waals surface area contributed by atoms with Crippen molar-refractivity contribution in [1.29, 1.82) is 0 Å². The first kappa shape index (κ1) is 20.6. The minimum atomic E-state index is -0.126. The van der Waals surface area contributed by atoms with Gasteiger partial charge in [-0.25, -0.2) is 0 Å². The van der Waals surface area contributed by atoms with Gasteiger partial charge in [-0.15, -0.1) is 0 Å². The number of amides is 2. The molecule has 0 unspecified atom stereocenters. The van der Waals surface area contributed by atoms with Crippen molar-refractivity contribution in [3.05, 3.63) is 84.9 Å². The van der Waals surface area contributed by atoms with Crippen molar-refractivity contribution in [1.82, 2.24) is 0 Å². The number of quaternary nitrogens is 1. The van der Waals surface area contributed by atoms with E-state index < -0.39 is 0 Å². The average molecular weight is 413 g/mol. The number of carbonyl (C=O) groups is 2. The molecule has 0 spiro atoms. The lowest BCUT2D eigenvalue weighted by molar-refractivity contribution is -0.874. The van der Waals surface area contributed by atoms with E-state index in [1.54, 1.807) is 0 Å². The van der Waals surface area contributed by atoms with Gasteiger partial charge in [0, 0.05) is 22.1 Å². The molecule has 0 saturated heterocycles. The van der Waals surface area contributed by atoms with Crippen molar-refractivity contribution in [2.45, 2.75) is 0 Å². The molecule has 0 saturated carbocycles. The maximum absolute atomic E-state index is 12.7. The van der Waals surface area contributed by atoms with E-state index in [2.05, 4.69) is 10.6 Å². The van der Waals surface area contributed by atoms with Crippen molar-refractivity contribution in [3.63, 3.8) is 0 Å². The van der Waals surface area contributed by atoms with Gasteiger partial charge in [-0.2, -0.15) is 0 Å². The smallest absolute Gasteiger partial charge is 0.279 e. The third-order valence-electron chi connectivity index (χ3n) is 5.27. The van der Waals surface area contributed by atoms with E-state index in [9.17, 15) is 9.59 Å². The van der Waals surface area contributed by atoms with Gasteiger partial charge >= 0.3 is 0 Å². The van der Waals surface area contributed by atoms with Crippen LogP contribution in [0.5, 0.6) is 0 Å². The Morgan fingerprint density at radius 1 is 0.613 bits per heavy atom. The first-order chi connectivity index (χ1) is 14.9. The van der Waals surface area contributed by atoms with Gasteiger partial charge in [-0.1, -0.05) is 72.8 Å². The molecule has 31 heavy (non-hydrogen) atoms. The predicted octanol–water partition coefficient (Wildman–Crippen LogP) is 4.65. The number of hydrogen-bond acceptors (Lipinski definition) is 2. The highest BCUT2D eigenvalue weighted by atomic mass is 16.2. The lowest BCUT2D eigenvalue weighted by Gasteiger charge is -2.28. The normalized spacial score (nSPS) is 11.4. The molecule has 4 aromatic rings. The number of carbonyl (C=O) groups excluding carboxylic acids is 2. The highest BCUT2D eigenvalue weighted by Gasteiger charge is 2.24. The van der Waals surface area contributed by atoms with Gasteiger partial charge in [-0.3, -0.25) is 9.59 Å². The molecular formula is C26H26N3O2+. The average Bonchev–Trinajstić information content (AvgIpc) is 2.73. The molecule has 2 N–H and O–H groups in total. The second kappa shape index (κ2) is 8.58. The molecule has 4 rings (SSSR count). The van der Waals surface area contributed by atoms with Crippen LogP contribution in [-0.4, -0.2) is 43.5 Å². The zero-order valence-corrected chi connectivity index (χ0v) is 17.8. The molecule has 4 aromatic carbocycles. The Morgan fingerprint density at radius 3 is 1.45 bits per heavy atom. The van der Waals surface area contributed by atoms with E-state index in [0.29, 0.717) is 0 Å². The summed E-state index contributed by atoms with van der Waals surface area (Å²) in [5.74, 6) is -0.251. The van der Waals surface area contributed by atoms with Crippen LogP contribution in [0, 0.1) is 0 Å². The molecule has 0 aromatic heterocycles. The molecule has 0 heterocycles. The summed E-state index contributed by atoms with van der Waals surface area (Å²) in [6.45, 7) is 0.373. The van der Waals surface area contributed by atoms with Crippen LogP contribution in [0.2, 0.25) is 0 Å². The Hall–Kier alpha value is -3.70. The first-order valence-corrected chi connectivity index (χ1v) is 10.3. The van der Waals surface area contributed by atoms with Gasteiger partial charge in [0.15, 0.2) is 13.1 Å². The summed E-state index contributed by atoms with van der Waals surface area (Å²) in [5.41, 5.74) is 1.56. The molecule has 0 bridgehead atoms. The quantitative estimate of drug-likeness (QED) is 0.453. The highest BCUT2D eigenvalue weighted by Crippen LogP contribution is 2.24. The van der Waals surface area contributed by atoms with Crippen molar-refractivity contribution in [2.24, 2.45) is 0 Å². The van der Waals surface area contributed by atoms with Crippen molar-refractivity contribution >= 4 is 44.7 Å². The monoisotopic (exact) mass is 412 g/mol. The Kier molecular flexibility index (Phi) is 5.69. The van der Waals surface area contributed by atoms with Crippen LogP contribution in [0.1, 0.15) is 0 Å². The lowest BCUT2D eigenvalue weighted by atomic mass is 10.1. The molecule has 2 amide bonds. The molecule has 0 radical (unpaired) electrons. The van der Waals surface area contributed by atoms with Gasteiger partial charge in [0.2, 0.25) is 0 Å². The van der Waals surface area contributed by atoms with Gasteiger partial charge in [0.25, 0.3) is 11.8 Å². The lowest BCUT2D eigenvalue weighted by Crippen LogP contribution is -2.49. The topological polar surface area (TPSA) is 58.2 Å².